The van der Waals surface area contributed by atoms with Crippen LogP contribution in [0.5, 0.6) is 0 Å². The van der Waals surface area contributed by atoms with Gasteiger partial charge >= 0.3 is 0 Å². The number of benzene rings is 8. The molecule has 2 aliphatic rings. The molecule has 0 spiro atoms. The highest BCUT2D eigenvalue weighted by Gasteiger charge is 2.44. The molecule has 2 atom stereocenters. The number of nitrogens with zero attached hydrogens (tertiary/aromatic N) is 1. The molecule has 0 saturated carbocycles. The number of fused-ring (bicyclic) bond motifs is 9. The van der Waals surface area contributed by atoms with Crippen LogP contribution in [0.2, 0.25) is 0 Å². The lowest BCUT2D eigenvalue weighted by molar-refractivity contribution is 0.669. The average Bonchev–Trinajstić information content (AvgIpc) is 3.83. The summed E-state index contributed by atoms with van der Waals surface area (Å²) in [7, 11) is 0. The number of anilines is 3. The van der Waals surface area contributed by atoms with Crippen molar-refractivity contribution in [3.63, 3.8) is 0 Å². The molecule has 8 aromatic carbocycles. The zero-order valence-electron chi connectivity index (χ0n) is 30.3. The van der Waals surface area contributed by atoms with Crippen LogP contribution in [-0.4, -0.2) is 0 Å². The van der Waals surface area contributed by atoms with Crippen molar-refractivity contribution in [3.8, 4) is 22.3 Å². The van der Waals surface area contributed by atoms with E-state index < -0.39 is 0 Å². The Morgan fingerprint density at radius 2 is 0.926 bits per heavy atom. The topological polar surface area (TPSA) is 16.4 Å². The normalized spacial score (nSPS) is 18.0. The summed E-state index contributed by atoms with van der Waals surface area (Å²) in [4.78, 5) is 2.49. The van der Waals surface area contributed by atoms with Gasteiger partial charge in [-0.25, -0.2) is 0 Å². The minimum atomic E-state index is -0.323. The van der Waals surface area contributed by atoms with E-state index >= 15 is 0 Å². The summed E-state index contributed by atoms with van der Waals surface area (Å²) < 4.78 is 6.35. The van der Waals surface area contributed by atoms with Crippen LogP contribution in [0.1, 0.15) is 47.2 Å². The van der Waals surface area contributed by atoms with Gasteiger partial charge in [-0.3, -0.25) is 0 Å². The number of furan rings is 1. The molecule has 0 aliphatic heterocycles. The standard InChI is InChI=1S/C52H37NO/c1-51(34-16-5-3-6-17-34)44-24-13-10-22-41(44)50-45(51)25-15-26-47(50)53(36-29-31-49-42(32-36)40-21-11-14-27-48(40)54-49)37-28-30-39-38-20-9-12-23-43(38)52(2,46(39)33-37)35-18-7-4-8-19-35/h3-33H,1-2H3. The zero-order chi connectivity index (χ0) is 36.0. The van der Waals surface area contributed by atoms with Crippen molar-refractivity contribution < 1.29 is 4.42 Å². The van der Waals surface area contributed by atoms with Gasteiger partial charge in [-0.1, -0.05) is 146 Å². The number of para-hydroxylation sites is 1. The van der Waals surface area contributed by atoms with Gasteiger partial charge in [0.05, 0.1) is 5.69 Å². The fourth-order valence-electron chi connectivity index (χ4n) is 9.77. The quantitative estimate of drug-likeness (QED) is 0.179. The van der Waals surface area contributed by atoms with Crippen molar-refractivity contribution in [2.24, 2.45) is 0 Å². The third kappa shape index (κ3) is 4.17. The molecular formula is C52H37NO. The van der Waals surface area contributed by atoms with Crippen molar-refractivity contribution in [1.29, 1.82) is 0 Å². The predicted molar refractivity (Wildman–Crippen MR) is 223 cm³/mol. The van der Waals surface area contributed by atoms with E-state index in [4.69, 9.17) is 4.42 Å². The lowest BCUT2D eigenvalue weighted by atomic mass is 9.74. The summed E-state index contributed by atoms with van der Waals surface area (Å²) in [5.41, 5.74) is 17.5. The first-order valence-corrected chi connectivity index (χ1v) is 18.9. The molecule has 0 amide bonds. The highest BCUT2D eigenvalue weighted by atomic mass is 16.3. The molecule has 9 aromatic rings. The maximum Gasteiger partial charge on any atom is 0.135 e. The molecule has 54 heavy (non-hydrogen) atoms. The van der Waals surface area contributed by atoms with Crippen molar-refractivity contribution in [3.05, 3.63) is 221 Å². The van der Waals surface area contributed by atoms with E-state index in [1.165, 1.54) is 55.6 Å². The summed E-state index contributed by atoms with van der Waals surface area (Å²) in [6.45, 7) is 4.79. The number of rotatable bonds is 5. The van der Waals surface area contributed by atoms with Crippen molar-refractivity contribution in [2.75, 3.05) is 4.90 Å². The number of hydrogen-bond donors (Lipinski definition) is 0. The molecule has 1 heterocycles. The van der Waals surface area contributed by atoms with Gasteiger partial charge in [0, 0.05) is 38.5 Å². The van der Waals surface area contributed by atoms with Crippen LogP contribution in [0.25, 0.3) is 44.2 Å². The van der Waals surface area contributed by atoms with Gasteiger partial charge in [-0.15, -0.1) is 0 Å². The first-order chi connectivity index (χ1) is 26.5. The van der Waals surface area contributed by atoms with E-state index in [1.54, 1.807) is 0 Å². The maximum absolute atomic E-state index is 6.35. The fraction of sp³-hybridized carbons (Fsp3) is 0.0769. The molecule has 2 unspecified atom stereocenters. The predicted octanol–water partition coefficient (Wildman–Crippen LogP) is 13.7. The molecule has 2 aliphatic carbocycles. The zero-order valence-corrected chi connectivity index (χ0v) is 30.3. The lowest BCUT2D eigenvalue weighted by Gasteiger charge is -2.32. The van der Waals surface area contributed by atoms with Crippen molar-refractivity contribution >= 4 is 39.0 Å². The van der Waals surface area contributed by atoms with E-state index in [9.17, 15) is 0 Å². The summed E-state index contributed by atoms with van der Waals surface area (Å²) in [6.07, 6.45) is 0. The van der Waals surface area contributed by atoms with E-state index in [0.29, 0.717) is 0 Å². The second kappa shape index (κ2) is 11.4. The van der Waals surface area contributed by atoms with E-state index in [1.807, 2.05) is 6.07 Å². The molecule has 0 fully saturated rings. The highest BCUT2D eigenvalue weighted by molar-refractivity contribution is 6.07. The monoisotopic (exact) mass is 691 g/mol. The largest absolute Gasteiger partial charge is 0.456 e. The van der Waals surface area contributed by atoms with Gasteiger partial charge in [0.1, 0.15) is 11.2 Å². The summed E-state index contributed by atoms with van der Waals surface area (Å²) >= 11 is 0. The summed E-state index contributed by atoms with van der Waals surface area (Å²) in [6, 6.07) is 68.9. The Morgan fingerprint density at radius 1 is 0.389 bits per heavy atom. The Hall–Kier alpha value is -6.64. The Kier molecular flexibility index (Phi) is 6.55. The summed E-state index contributed by atoms with van der Waals surface area (Å²) in [5, 5.41) is 2.23. The molecular weight excluding hydrogens is 655 g/mol. The van der Waals surface area contributed by atoms with Crippen LogP contribution in [0.3, 0.4) is 0 Å². The minimum absolute atomic E-state index is 0.314. The lowest BCUT2D eigenvalue weighted by Crippen LogP contribution is -2.23. The van der Waals surface area contributed by atoms with Crippen LogP contribution in [0.4, 0.5) is 17.1 Å². The fourth-order valence-corrected chi connectivity index (χ4v) is 9.77. The third-order valence-electron chi connectivity index (χ3n) is 12.4. The van der Waals surface area contributed by atoms with Gasteiger partial charge in [0.2, 0.25) is 0 Å². The first kappa shape index (κ1) is 30.9. The van der Waals surface area contributed by atoms with Crippen LogP contribution in [0, 0.1) is 0 Å². The maximum atomic E-state index is 6.35. The second-order valence-electron chi connectivity index (χ2n) is 15.1. The van der Waals surface area contributed by atoms with Crippen LogP contribution >= 0.6 is 0 Å². The Labute approximate surface area is 315 Å². The highest BCUT2D eigenvalue weighted by Crippen LogP contribution is 2.58. The molecule has 1 aromatic heterocycles. The second-order valence-corrected chi connectivity index (χ2v) is 15.1. The minimum Gasteiger partial charge on any atom is -0.456 e. The van der Waals surface area contributed by atoms with Crippen molar-refractivity contribution in [2.45, 2.75) is 24.7 Å². The molecule has 11 rings (SSSR count). The van der Waals surface area contributed by atoms with Crippen LogP contribution < -0.4 is 4.90 Å². The third-order valence-corrected chi connectivity index (χ3v) is 12.4. The SMILES string of the molecule is CC1(c2ccccc2)c2ccccc2-c2ccc(N(c3ccc4oc5ccccc5c4c3)c3cccc4c3-c3ccccc3C4(C)c3ccccc3)cc21. The summed E-state index contributed by atoms with van der Waals surface area (Å²) in [5.74, 6) is 0. The number of hydrogen-bond acceptors (Lipinski definition) is 2. The average molecular weight is 692 g/mol. The van der Waals surface area contributed by atoms with Gasteiger partial charge in [0.25, 0.3) is 0 Å². The van der Waals surface area contributed by atoms with E-state index in [2.05, 4.69) is 201 Å². The first-order valence-electron chi connectivity index (χ1n) is 18.9. The van der Waals surface area contributed by atoms with Gasteiger partial charge < -0.3 is 9.32 Å². The van der Waals surface area contributed by atoms with Gasteiger partial charge in [0.15, 0.2) is 0 Å². The van der Waals surface area contributed by atoms with E-state index in [0.717, 1.165) is 39.0 Å². The molecule has 0 saturated heterocycles. The van der Waals surface area contributed by atoms with Gasteiger partial charge in [-0.05, 0) is 106 Å². The van der Waals surface area contributed by atoms with Crippen LogP contribution in [0.15, 0.2) is 192 Å². The Bertz CT molecular complexity index is 2920. The molecule has 0 N–H and O–H groups in total. The molecule has 256 valence electrons. The molecule has 2 heteroatoms. The molecule has 0 bridgehead atoms. The smallest absolute Gasteiger partial charge is 0.135 e. The van der Waals surface area contributed by atoms with Crippen molar-refractivity contribution in [1.82, 2.24) is 0 Å². The van der Waals surface area contributed by atoms with E-state index in [-0.39, 0.29) is 10.8 Å². The molecule has 2 nitrogen and oxygen atoms in total. The Balaban J connectivity index is 1.20. The Morgan fingerprint density at radius 3 is 1.69 bits per heavy atom. The van der Waals surface area contributed by atoms with Gasteiger partial charge in [-0.2, -0.15) is 0 Å². The van der Waals surface area contributed by atoms with Crippen LogP contribution in [-0.2, 0) is 10.8 Å². The molecule has 0 radical (unpaired) electrons.